The van der Waals surface area contributed by atoms with Crippen molar-refractivity contribution in [2.24, 2.45) is 0 Å². The molecule has 0 fully saturated rings. The summed E-state index contributed by atoms with van der Waals surface area (Å²) in [7, 11) is 0. The van der Waals surface area contributed by atoms with E-state index in [1.807, 2.05) is 96.9 Å². The highest BCUT2D eigenvalue weighted by Crippen LogP contribution is 2.47. The number of hydrogen-bond donors (Lipinski definition) is 6. The molecule has 0 atom stereocenters. The summed E-state index contributed by atoms with van der Waals surface area (Å²) in [6, 6.07) is 34.2. The fourth-order valence-electron chi connectivity index (χ4n) is 15.5. The van der Waals surface area contributed by atoms with E-state index >= 15 is 0 Å². The van der Waals surface area contributed by atoms with E-state index in [2.05, 4.69) is 47.7 Å². The Morgan fingerprint density at radius 3 is 1.66 bits per heavy atom. The van der Waals surface area contributed by atoms with Crippen LogP contribution in [0.5, 0.6) is 0 Å². The topological polar surface area (TPSA) is 299 Å². The highest BCUT2D eigenvalue weighted by atomic mass is 32.1. The number of pyridine rings is 5. The molecule has 121 heavy (non-hydrogen) atoms. The van der Waals surface area contributed by atoms with Gasteiger partial charge in [-0.1, -0.05) is 62.6 Å². The molecule has 2 amide bonds. The molecule has 3 aliphatic carbocycles. The van der Waals surface area contributed by atoms with Gasteiger partial charge in [-0.05, 0) is 237 Å². The molecule has 622 valence electrons. The summed E-state index contributed by atoms with van der Waals surface area (Å²) in [6.45, 7) is 15.3. The number of benzene rings is 3. The summed E-state index contributed by atoms with van der Waals surface area (Å²) >= 11 is 8.25. The molecule has 0 saturated carbocycles. The maximum absolute atomic E-state index is 14.9. The summed E-state index contributed by atoms with van der Waals surface area (Å²) in [5, 5.41) is 20.8. The van der Waals surface area contributed by atoms with Crippen LogP contribution in [0.4, 0.5) is 56.1 Å². The average Bonchev–Trinajstić information content (AvgIpc) is 1.63. The van der Waals surface area contributed by atoms with Crippen LogP contribution in [0.1, 0.15) is 198 Å². The molecule has 12 heterocycles. The van der Waals surface area contributed by atoms with Crippen LogP contribution in [-0.4, -0.2) is 58.7 Å². The van der Waals surface area contributed by atoms with Gasteiger partial charge in [0, 0.05) is 108 Å². The number of nitrogens with zero attached hydrogens (tertiary/aromatic N) is 7. The molecule has 0 spiro atoms. The number of aromatic nitrogens is 6. The Kier molecular flexibility index (Phi) is 25.9. The van der Waals surface area contributed by atoms with Crippen LogP contribution in [-0.2, 0) is 55.9 Å². The molecule has 0 bridgehead atoms. The van der Waals surface area contributed by atoms with Crippen molar-refractivity contribution in [3.8, 4) is 33.3 Å². The number of aryl methyl sites for hydroxylation is 8. The second kappa shape index (κ2) is 36.5. The zero-order chi connectivity index (χ0) is 85.9. The van der Waals surface area contributed by atoms with Crippen LogP contribution in [0.3, 0.4) is 0 Å². The number of rotatable bonds is 10. The van der Waals surface area contributed by atoms with Crippen molar-refractivity contribution in [3.05, 3.63) is 231 Å². The minimum absolute atomic E-state index is 0.0943. The van der Waals surface area contributed by atoms with Gasteiger partial charge in [-0.2, -0.15) is 18.4 Å². The Morgan fingerprint density at radius 2 is 1.10 bits per heavy atom. The van der Waals surface area contributed by atoms with Gasteiger partial charge in [0.15, 0.2) is 17.4 Å². The third-order valence-electron chi connectivity index (χ3n) is 21.3. The van der Waals surface area contributed by atoms with Gasteiger partial charge >= 0.3 is 12.1 Å². The summed E-state index contributed by atoms with van der Waals surface area (Å²) in [6.07, 6.45) is 16.0. The van der Waals surface area contributed by atoms with Crippen molar-refractivity contribution in [1.29, 1.82) is 5.26 Å². The lowest BCUT2D eigenvalue weighted by Gasteiger charge is -2.19. The largest absolute Gasteiger partial charge is 0.456 e. The lowest BCUT2D eigenvalue weighted by Crippen LogP contribution is -2.23. The molecule has 3 aromatic carbocycles. The predicted octanol–water partition coefficient (Wildman–Crippen LogP) is 24.1. The fourth-order valence-corrected chi connectivity index (χ4v) is 21.4. The van der Waals surface area contributed by atoms with E-state index in [0.29, 0.717) is 53.9 Å². The maximum atomic E-state index is 14.9. The number of nitrogen functional groups attached to an aromatic ring is 4. The minimum atomic E-state index is -4.41. The number of nitrogens with two attached hydrogens (primary N) is 4. The van der Waals surface area contributed by atoms with Gasteiger partial charge < -0.3 is 42.9 Å². The zero-order valence-corrected chi connectivity index (χ0v) is 72.7. The highest BCUT2D eigenvalue weighted by molar-refractivity contribution is 7.22. The standard InChI is InChI=1S/C23H24F2N2O2S.C20H18F3N3OS.C19H19N3OS.C17H18N2OS.C13H9N3S2/c1-23(2,3)29-22(28)20-19(26)17-16(13-9-7-10-14(24)18(13)25)12-8-5-4-6-11-15(12)27-21(17)30-20;21-20(22,23)12-6-8-13(9-7-12)25-18(27)17-16(24)14-10-11-4-2-1-3-5-15(11)26-19(14)28-17;20-16-14-11-12-7-3-1-6-10-15(12)22-19(14)24-17(16)18(23)21-13-8-4-2-5-9-13;1-5-13-10(2)14-15(19-8-6-7-9-19)16(12(4)20)21-17(14)18-11(13)3;1-7-5-8(9-3-2-4-17-9)11-12(15)10(6-14)18-13(11)16-7/h7,9-10H,4-6,8,11,26H2,1-3H3;6-10H,1-5,24H2,(H,25,27);2,4-5,8-9,11H,1,3,6-7,10,20H2,(H,21,23);6-9H,5H2,1-4H3;2-5H,15H2,1H3. The van der Waals surface area contributed by atoms with Gasteiger partial charge in [0.2, 0.25) is 0 Å². The van der Waals surface area contributed by atoms with Crippen molar-refractivity contribution in [3.63, 3.8) is 0 Å². The number of ether oxygens (including phenoxy) is 1. The van der Waals surface area contributed by atoms with Crippen LogP contribution >= 0.6 is 68.0 Å². The lowest BCUT2D eigenvalue weighted by atomic mass is 9.92. The first-order chi connectivity index (χ1) is 58.0. The number of anilines is 6. The second-order valence-electron chi connectivity index (χ2n) is 30.8. The molecule has 0 saturated heterocycles. The van der Waals surface area contributed by atoms with Gasteiger partial charge in [-0.15, -0.1) is 68.0 Å². The number of fused-ring (bicyclic) bond motifs is 8. The van der Waals surface area contributed by atoms with Gasteiger partial charge in [0.1, 0.15) is 55.3 Å². The smallest absolute Gasteiger partial charge is 0.416 e. The SMILES string of the molecule is CC(C)(C)OC(=O)c1sc2nc3c(c(-c4cccc(F)c4F)c2c1N)CCCCC3.CCc1c(C)nc2sc(C(C)=O)c(-n3cccc3)c2c1C.Cc1cc(-c2cccs2)c2c(N)c(C#N)sc2n1.Nc1c(C(=O)Nc2ccc(C(F)(F)F)cc2)sc2nc3c(cc12)CCCCC3.Nc1c(C(=O)Nc2ccccc2)sc2nc3c(cc12)CCCCC3. The number of thiophene rings is 6. The van der Waals surface area contributed by atoms with E-state index in [0.717, 1.165) is 196 Å². The third-order valence-corrected chi connectivity index (χ3v) is 27.7. The quantitative estimate of drug-likeness (QED) is 0.0321. The van der Waals surface area contributed by atoms with E-state index in [4.69, 9.17) is 52.9 Å². The number of para-hydroxylation sites is 1. The number of nitrogens with one attached hydrogen (secondary N) is 2. The number of carbonyl (C=O) groups is 4. The van der Waals surface area contributed by atoms with Gasteiger partial charge in [-0.25, -0.2) is 38.5 Å². The molecule has 0 aliphatic heterocycles. The predicted molar refractivity (Wildman–Crippen MR) is 485 cm³/mol. The number of ketones is 1. The van der Waals surface area contributed by atoms with Crippen molar-refractivity contribution in [1.82, 2.24) is 29.5 Å². The zero-order valence-electron chi connectivity index (χ0n) is 67.8. The minimum Gasteiger partial charge on any atom is -0.456 e. The van der Waals surface area contributed by atoms with E-state index in [1.165, 1.54) is 117 Å². The van der Waals surface area contributed by atoms with Crippen LogP contribution < -0.4 is 33.6 Å². The van der Waals surface area contributed by atoms with E-state index in [-0.39, 0.29) is 33.5 Å². The molecule has 0 unspecified atom stereocenters. The molecule has 15 aromatic rings. The molecular formula is C92H88F5N13O5S6. The normalized spacial score (nSPS) is 13.3. The van der Waals surface area contributed by atoms with E-state index < -0.39 is 40.9 Å². The van der Waals surface area contributed by atoms with E-state index in [9.17, 15) is 41.1 Å². The summed E-state index contributed by atoms with van der Waals surface area (Å²) in [5.74, 6) is -2.89. The number of halogens is 5. The average molecular weight is 1740 g/mol. The molecule has 3 aliphatic rings. The second-order valence-corrected chi connectivity index (χ2v) is 36.8. The van der Waals surface area contributed by atoms with Crippen molar-refractivity contribution in [2.45, 2.75) is 170 Å². The molecule has 29 heteroatoms. The molecule has 18 rings (SSSR count). The summed E-state index contributed by atoms with van der Waals surface area (Å²) in [5.41, 5.74) is 40.0. The van der Waals surface area contributed by atoms with Gasteiger partial charge in [0.05, 0.1) is 38.9 Å². The highest BCUT2D eigenvalue weighted by Gasteiger charge is 2.33. The fraction of sp³-hybridized carbons (Fsp3) is 0.283. The Balaban J connectivity index is 0.000000125. The molecule has 12 aromatic heterocycles. The number of Topliss-reactive ketones (excluding diaryl/α,β-unsaturated/α-hetero) is 1. The summed E-state index contributed by atoms with van der Waals surface area (Å²) < 4.78 is 74.5. The molecule has 10 N–H and O–H groups in total. The van der Waals surface area contributed by atoms with Gasteiger partial charge in [0.25, 0.3) is 11.8 Å². The van der Waals surface area contributed by atoms with E-state index in [1.54, 1.807) is 45.1 Å². The molecule has 0 radical (unpaired) electrons. The first-order valence-electron chi connectivity index (χ1n) is 39.9. The van der Waals surface area contributed by atoms with Crippen LogP contribution in [0.2, 0.25) is 0 Å². The van der Waals surface area contributed by atoms with Crippen LogP contribution in [0.25, 0.3) is 78.3 Å². The summed E-state index contributed by atoms with van der Waals surface area (Å²) in [4.78, 5) is 81.0. The first kappa shape index (κ1) is 86.0. The monoisotopic (exact) mass is 1740 g/mol. The number of nitriles is 1. The maximum Gasteiger partial charge on any atom is 0.416 e. The Bertz CT molecular complexity index is 6490. The molecule has 18 nitrogen and oxygen atoms in total. The van der Waals surface area contributed by atoms with Crippen LogP contribution in [0.15, 0.2) is 133 Å². The number of alkyl halides is 3. The Labute approximate surface area is 719 Å². The number of hydrogen-bond acceptors (Lipinski definition) is 21. The van der Waals surface area contributed by atoms with Gasteiger partial charge in [-0.3, -0.25) is 14.4 Å². The van der Waals surface area contributed by atoms with Crippen molar-refractivity contribution in [2.75, 3.05) is 33.6 Å². The third kappa shape index (κ3) is 18.6. The Hall–Kier alpha value is -11.4. The number of esters is 1. The number of carbonyl (C=O) groups excluding carboxylic acids is 4. The van der Waals surface area contributed by atoms with Crippen molar-refractivity contribution < 1.29 is 45.9 Å². The number of amides is 2. The van der Waals surface area contributed by atoms with Crippen LogP contribution in [0, 0.1) is 43.7 Å². The Morgan fingerprint density at radius 1 is 0.554 bits per heavy atom. The first-order valence-corrected chi connectivity index (χ1v) is 44.8. The molecular weight excluding hydrogens is 1650 g/mol. The lowest BCUT2D eigenvalue weighted by molar-refractivity contribution is -0.137. The van der Waals surface area contributed by atoms with Crippen molar-refractivity contribution >= 4 is 177 Å².